The second kappa shape index (κ2) is 6.78. The molecule has 0 spiro atoms. The molecule has 2 rings (SSSR count). The van der Waals surface area contributed by atoms with Crippen molar-refractivity contribution < 1.29 is 0 Å². The van der Waals surface area contributed by atoms with Crippen molar-refractivity contribution in [1.82, 2.24) is 5.43 Å². The van der Waals surface area contributed by atoms with Gasteiger partial charge in [-0.2, -0.15) is 0 Å². The lowest BCUT2D eigenvalue weighted by atomic mass is 9.70. The van der Waals surface area contributed by atoms with Crippen LogP contribution in [0.4, 0.5) is 0 Å². The summed E-state index contributed by atoms with van der Waals surface area (Å²) in [5, 5.41) is 0.789. The average Bonchev–Trinajstić information content (AvgIpc) is 2.82. The smallest absolute Gasteiger partial charge is 0.0542 e. The molecule has 0 amide bonds. The number of nitrogens with two attached hydrogens (primary N) is 1. The quantitative estimate of drug-likeness (QED) is 0.559. The molecule has 3 N–H and O–H groups in total. The van der Waals surface area contributed by atoms with Gasteiger partial charge in [0, 0.05) is 15.1 Å². The molecule has 112 valence electrons. The van der Waals surface area contributed by atoms with E-state index in [0.717, 1.165) is 15.1 Å². The molecule has 0 radical (unpaired) electrons. The summed E-state index contributed by atoms with van der Waals surface area (Å²) in [5.74, 6) is 6.61. The van der Waals surface area contributed by atoms with E-state index in [0.29, 0.717) is 5.92 Å². The standard InChI is InChI=1S/C16H24BrClN2/c1-11(2)10-16(8-3-4-9-16)15(20-19)14-12(17)6-5-7-13(14)18/h5-7,11,15,20H,3-4,8-10,19H2,1-2H3. The first kappa shape index (κ1) is 16.3. The van der Waals surface area contributed by atoms with Crippen LogP contribution in [-0.4, -0.2) is 0 Å². The fourth-order valence-electron chi connectivity index (χ4n) is 3.86. The Balaban J connectivity index is 2.43. The maximum atomic E-state index is 6.45. The summed E-state index contributed by atoms with van der Waals surface area (Å²) >= 11 is 10.1. The molecule has 1 atom stereocenters. The number of hydrazine groups is 1. The number of benzene rings is 1. The zero-order valence-corrected chi connectivity index (χ0v) is 14.6. The molecular formula is C16H24BrClN2. The summed E-state index contributed by atoms with van der Waals surface area (Å²) in [7, 11) is 0. The monoisotopic (exact) mass is 358 g/mol. The molecule has 4 heteroatoms. The van der Waals surface area contributed by atoms with Gasteiger partial charge < -0.3 is 0 Å². The van der Waals surface area contributed by atoms with Crippen LogP contribution in [0.1, 0.15) is 57.6 Å². The summed E-state index contributed by atoms with van der Waals surface area (Å²) in [5.41, 5.74) is 4.40. The number of rotatable bonds is 5. The molecule has 1 aromatic carbocycles. The van der Waals surface area contributed by atoms with Crippen molar-refractivity contribution in [3.63, 3.8) is 0 Å². The summed E-state index contributed by atoms with van der Waals surface area (Å²) in [6.45, 7) is 4.57. The Morgan fingerprint density at radius 2 is 2.00 bits per heavy atom. The molecule has 1 aromatic rings. The van der Waals surface area contributed by atoms with Crippen LogP contribution in [0, 0.1) is 11.3 Å². The Morgan fingerprint density at radius 3 is 2.50 bits per heavy atom. The van der Waals surface area contributed by atoms with E-state index in [9.17, 15) is 0 Å². The topological polar surface area (TPSA) is 38.0 Å². The van der Waals surface area contributed by atoms with Gasteiger partial charge in [0.05, 0.1) is 6.04 Å². The molecule has 1 unspecified atom stereocenters. The largest absolute Gasteiger partial charge is 0.271 e. The van der Waals surface area contributed by atoms with Crippen LogP contribution in [-0.2, 0) is 0 Å². The first-order valence-electron chi connectivity index (χ1n) is 7.40. The van der Waals surface area contributed by atoms with E-state index in [4.69, 9.17) is 17.4 Å². The molecule has 1 fully saturated rings. The second-order valence-corrected chi connectivity index (χ2v) is 7.66. The van der Waals surface area contributed by atoms with Gasteiger partial charge in [0.1, 0.15) is 0 Å². The van der Waals surface area contributed by atoms with Crippen LogP contribution in [0.25, 0.3) is 0 Å². The predicted molar refractivity (Wildman–Crippen MR) is 89.6 cm³/mol. The molecule has 1 aliphatic rings. The molecule has 1 aliphatic carbocycles. The average molecular weight is 360 g/mol. The summed E-state index contributed by atoms with van der Waals surface area (Å²) < 4.78 is 1.04. The summed E-state index contributed by atoms with van der Waals surface area (Å²) in [6.07, 6.45) is 6.19. The highest BCUT2D eigenvalue weighted by Crippen LogP contribution is 2.53. The molecule has 0 saturated heterocycles. The van der Waals surface area contributed by atoms with Gasteiger partial charge in [0.25, 0.3) is 0 Å². The molecule has 0 aliphatic heterocycles. The minimum absolute atomic E-state index is 0.107. The third-order valence-electron chi connectivity index (χ3n) is 4.48. The fraction of sp³-hybridized carbons (Fsp3) is 0.625. The lowest BCUT2D eigenvalue weighted by Crippen LogP contribution is -2.41. The zero-order chi connectivity index (χ0) is 14.8. The van der Waals surface area contributed by atoms with Crippen molar-refractivity contribution in [2.24, 2.45) is 17.2 Å². The van der Waals surface area contributed by atoms with Crippen molar-refractivity contribution in [1.29, 1.82) is 0 Å². The van der Waals surface area contributed by atoms with Crippen molar-refractivity contribution >= 4 is 27.5 Å². The van der Waals surface area contributed by atoms with Crippen LogP contribution in [0.3, 0.4) is 0 Å². The van der Waals surface area contributed by atoms with Crippen LogP contribution >= 0.6 is 27.5 Å². The molecule has 0 bridgehead atoms. The van der Waals surface area contributed by atoms with E-state index >= 15 is 0 Å². The molecule has 1 saturated carbocycles. The normalized spacial score (nSPS) is 19.5. The summed E-state index contributed by atoms with van der Waals surface area (Å²) in [6, 6.07) is 6.07. The van der Waals surface area contributed by atoms with Crippen molar-refractivity contribution in [2.75, 3.05) is 0 Å². The molecule has 2 nitrogen and oxygen atoms in total. The van der Waals surface area contributed by atoms with E-state index < -0.39 is 0 Å². The second-order valence-electron chi connectivity index (χ2n) is 6.40. The van der Waals surface area contributed by atoms with Gasteiger partial charge in [0.15, 0.2) is 0 Å². The van der Waals surface area contributed by atoms with Gasteiger partial charge in [-0.15, -0.1) is 0 Å². The number of hydrogen-bond acceptors (Lipinski definition) is 2. The Kier molecular flexibility index (Phi) is 5.52. The van der Waals surface area contributed by atoms with E-state index in [1.807, 2.05) is 18.2 Å². The highest BCUT2D eigenvalue weighted by Gasteiger charge is 2.43. The fourth-order valence-corrected chi connectivity index (χ4v) is 4.85. The molecular weight excluding hydrogens is 336 g/mol. The first-order chi connectivity index (χ1) is 9.50. The van der Waals surface area contributed by atoms with Crippen LogP contribution in [0.2, 0.25) is 5.02 Å². The Labute approximate surface area is 135 Å². The Hall–Kier alpha value is -0.0900. The van der Waals surface area contributed by atoms with Gasteiger partial charge in [-0.25, -0.2) is 0 Å². The lowest BCUT2D eigenvalue weighted by Gasteiger charge is -2.40. The van der Waals surface area contributed by atoms with Crippen molar-refractivity contribution in [2.45, 2.75) is 52.0 Å². The SMILES string of the molecule is CC(C)CC1(C(NN)c2c(Cl)cccc2Br)CCCC1. The van der Waals surface area contributed by atoms with Gasteiger partial charge in [-0.05, 0) is 42.7 Å². The highest BCUT2D eigenvalue weighted by molar-refractivity contribution is 9.10. The van der Waals surface area contributed by atoms with Gasteiger partial charge in [-0.1, -0.05) is 60.3 Å². The number of halogens is 2. The van der Waals surface area contributed by atoms with Crippen molar-refractivity contribution in [3.8, 4) is 0 Å². The highest BCUT2D eigenvalue weighted by atomic mass is 79.9. The van der Waals surface area contributed by atoms with E-state index in [-0.39, 0.29) is 11.5 Å². The number of nitrogens with one attached hydrogen (secondary N) is 1. The first-order valence-corrected chi connectivity index (χ1v) is 8.57. The van der Waals surface area contributed by atoms with Gasteiger partial charge >= 0.3 is 0 Å². The maximum Gasteiger partial charge on any atom is 0.0542 e. The van der Waals surface area contributed by atoms with Crippen molar-refractivity contribution in [3.05, 3.63) is 33.3 Å². The van der Waals surface area contributed by atoms with Crippen LogP contribution < -0.4 is 11.3 Å². The minimum atomic E-state index is 0.107. The summed E-state index contributed by atoms with van der Waals surface area (Å²) in [4.78, 5) is 0. The Morgan fingerprint density at radius 1 is 1.35 bits per heavy atom. The molecule has 0 heterocycles. The molecule has 20 heavy (non-hydrogen) atoms. The maximum absolute atomic E-state index is 6.45. The minimum Gasteiger partial charge on any atom is -0.271 e. The Bertz CT molecular complexity index is 436. The van der Waals surface area contributed by atoms with E-state index in [1.165, 1.54) is 32.1 Å². The van der Waals surface area contributed by atoms with E-state index in [1.54, 1.807) is 0 Å². The van der Waals surface area contributed by atoms with Gasteiger partial charge in [-0.3, -0.25) is 11.3 Å². The third-order valence-corrected chi connectivity index (χ3v) is 5.50. The zero-order valence-electron chi connectivity index (χ0n) is 12.3. The molecule has 0 aromatic heterocycles. The third kappa shape index (κ3) is 3.22. The predicted octanol–water partition coefficient (Wildman–Crippen LogP) is 5.21. The number of hydrogen-bond donors (Lipinski definition) is 2. The van der Waals surface area contributed by atoms with E-state index in [2.05, 4.69) is 35.2 Å². The lowest BCUT2D eigenvalue weighted by molar-refractivity contribution is 0.155. The van der Waals surface area contributed by atoms with Crippen LogP contribution in [0.5, 0.6) is 0 Å². The van der Waals surface area contributed by atoms with Crippen LogP contribution in [0.15, 0.2) is 22.7 Å². The van der Waals surface area contributed by atoms with Gasteiger partial charge in [0.2, 0.25) is 0 Å².